The Morgan fingerprint density at radius 1 is 1.06 bits per heavy atom. The number of rotatable bonds is 6. The molecule has 0 radical (unpaired) electrons. The lowest BCUT2D eigenvalue weighted by molar-refractivity contribution is -0.148. The van der Waals surface area contributed by atoms with Crippen LogP contribution in [0.2, 0.25) is 0 Å². The second-order valence-electron chi connectivity index (χ2n) is 8.33. The molecule has 1 atom stereocenters. The van der Waals surface area contributed by atoms with Crippen LogP contribution in [-0.2, 0) is 30.5 Å². The van der Waals surface area contributed by atoms with Crippen LogP contribution >= 0.6 is 0 Å². The van der Waals surface area contributed by atoms with Crippen molar-refractivity contribution in [3.8, 4) is 0 Å². The third-order valence-corrected chi connectivity index (χ3v) is 5.79. The fourth-order valence-corrected chi connectivity index (χ4v) is 3.95. The first-order valence-electron chi connectivity index (χ1n) is 11.0. The fraction of sp³-hybridized carbons (Fsp3) is 0.292. The summed E-state index contributed by atoms with van der Waals surface area (Å²) in [5.41, 5.74) is 0.894. The number of amides is 1. The normalized spacial score (nSPS) is 15.0. The molecular formula is C24H21F6N5O. The van der Waals surface area contributed by atoms with E-state index in [-0.39, 0.29) is 49.2 Å². The second-order valence-corrected chi connectivity index (χ2v) is 8.33. The highest BCUT2D eigenvalue weighted by Gasteiger charge is 2.39. The number of nitrogens with zero attached hydrogens (tertiary/aromatic N) is 4. The van der Waals surface area contributed by atoms with Crippen molar-refractivity contribution < 1.29 is 31.1 Å². The molecule has 1 N–H and O–H groups in total. The van der Waals surface area contributed by atoms with Gasteiger partial charge in [0, 0.05) is 43.4 Å². The van der Waals surface area contributed by atoms with Crippen molar-refractivity contribution in [1.82, 2.24) is 25.0 Å². The molecule has 1 aliphatic rings. The molecule has 1 amide bonds. The number of alkyl halides is 3. The molecule has 2 aromatic carbocycles. The summed E-state index contributed by atoms with van der Waals surface area (Å²) in [7, 11) is 0. The number of carbonyl (C=O) groups is 1. The molecule has 0 fully saturated rings. The van der Waals surface area contributed by atoms with Crippen LogP contribution in [0.15, 0.2) is 54.2 Å². The van der Waals surface area contributed by atoms with Gasteiger partial charge in [-0.05, 0) is 24.1 Å². The molecule has 1 aromatic heterocycles. The maximum absolute atomic E-state index is 14.3. The molecule has 0 bridgehead atoms. The van der Waals surface area contributed by atoms with Crippen molar-refractivity contribution in [3.63, 3.8) is 0 Å². The SMILES string of the molecule is CC(NC(=CC(=O)N1CCn2c(nnc2C(F)(F)F)C1)Cc1cc(F)c(F)cc1F)c1ccccc1. The van der Waals surface area contributed by atoms with Crippen LogP contribution in [0.1, 0.15) is 35.7 Å². The van der Waals surface area contributed by atoms with E-state index < -0.39 is 35.4 Å². The summed E-state index contributed by atoms with van der Waals surface area (Å²) in [4.78, 5) is 14.3. The summed E-state index contributed by atoms with van der Waals surface area (Å²) in [5, 5.41) is 9.85. The summed E-state index contributed by atoms with van der Waals surface area (Å²) < 4.78 is 81.7. The van der Waals surface area contributed by atoms with Gasteiger partial charge in [-0.2, -0.15) is 13.2 Å². The van der Waals surface area contributed by atoms with Crippen LogP contribution < -0.4 is 5.32 Å². The van der Waals surface area contributed by atoms with Crippen molar-refractivity contribution in [2.45, 2.75) is 38.7 Å². The average molecular weight is 509 g/mol. The maximum atomic E-state index is 14.3. The predicted molar refractivity (Wildman–Crippen MR) is 117 cm³/mol. The third kappa shape index (κ3) is 5.52. The van der Waals surface area contributed by atoms with Crippen molar-refractivity contribution in [2.24, 2.45) is 0 Å². The van der Waals surface area contributed by atoms with E-state index in [0.29, 0.717) is 6.07 Å². The largest absolute Gasteiger partial charge is 0.451 e. The van der Waals surface area contributed by atoms with Gasteiger partial charge in [0.2, 0.25) is 11.7 Å². The Kier molecular flexibility index (Phi) is 7.04. The van der Waals surface area contributed by atoms with E-state index >= 15 is 0 Å². The first-order chi connectivity index (χ1) is 17.0. The van der Waals surface area contributed by atoms with Crippen molar-refractivity contribution in [3.05, 3.63) is 94.5 Å². The fourth-order valence-electron chi connectivity index (χ4n) is 3.95. The highest BCUT2D eigenvalue weighted by atomic mass is 19.4. The molecule has 0 saturated heterocycles. The lowest BCUT2D eigenvalue weighted by Crippen LogP contribution is -2.39. The zero-order valence-corrected chi connectivity index (χ0v) is 19.0. The zero-order valence-electron chi connectivity index (χ0n) is 19.0. The molecule has 1 aliphatic heterocycles. The predicted octanol–water partition coefficient (Wildman–Crippen LogP) is 4.53. The molecular weight excluding hydrogens is 488 g/mol. The maximum Gasteiger partial charge on any atom is 0.451 e. The second kappa shape index (κ2) is 10.0. The lowest BCUT2D eigenvalue weighted by Gasteiger charge is -2.28. The van der Waals surface area contributed by atoms with E-state index in [9.17, 15) is 31.1 Å². The van der Waals surface area contributed by atoms with E-state index in [1.165, 1.54) is 11.0 Å². The van der Waals surface area contributed by atoms with Gasteiger partial charge in [0.05, 0.1) is 6.54 Å². The summed E-state index contributed by atoms with van der Waals surface area (Å²) in [6.07, 6.45) is -3.75. The van der Waals surface area contributed by atoms with Gasteiger partial charge < -0.3 is 14.8 Å². The van der Waals surface area contributed by atoms with Crippen molar-refractivity contribution in [2.75, 3.05) is 6.54 Å². The number of hydrogen-bond acceptors (Lipinski definition) is 4. The van der Waals surface area contributed by atoms with Crippen molar-refractivity contribution >= 4 is 5.91 Å². The van der Waals surface area contributed by atoms with Gasteiger partial charge in [0.15, 0.2) is 17.5 Å². The molecule has 1 unspecified atom stereocenters. The zero-order chi connectivity index (χ0) is 26.0. The van der Waals surface area contributed by atoms with Crippen LogP contribution in [0, 0.1) is 17.5 Å². The van der Waals surface area contributed by atoms with Gasteiger partial charge in [-0.3, -0.25) is 4.79 Å². The van der Waals surface area contributed by atoms with Crippen LogP contribution in [0.3, 0.4) is 0 Å². The number of carbonyl (C=O) groups excluding carboxylic acids is 1. The number of fused-ring (bicyclic) bond motifs is 1. The van der Waals surface area contributed by atoms with Crippen LogP contribution in [0.25, 0.3) is 0 Å². The van der Waals surface area contributed by atoms with Gasteiger partial charge in [-0.25, -0.2) is 13.2 Å². The molecule has 0 spiro atoms. The van der Waals surface area contributed by atoms with Crippen LogP contribution in [-0.4, -0.2) is 32.1 Å². The molecule has 0 saturated carbocycles. The molecule has 190 valence electrons. The van der Waals surface area contributed by atoms with Gasteiger partial charge in [0.25, 0.3) is 0 Å². The number of benzene rings is 2. The molecule has 2 heterocycles. The number of allylic oxidation sites excluding steroid dienone is 1. The molecule has 36 heavy (non-hydrogen) atoms. The summed E-state index contributed by atoms with van der Waals surface area (Å²) in [6.45, 7) is 1.40. The monoisotopic (exact) mass is 509 g/mol. The minimum absolute atomic E-state index is 0.0193. The summed E-state index contributed by atoms with van der Waals surface area (Å²) >= 11 is 0. The van der Waals surface area contributed by atoms with E-state index in [2.05, 4.69) is 15.5 Å². The molecule has 0 aliphatic carbocycles. The van der Waals surface area contributed by atoms with Crippen LogP contribution in [0.5, 0.6) is 0 Å². The number of nitrogens with one attached hydrogen (secondary N) is 1. The Hall–Kier alpha value is -3.83. The van der Waals surface area contributed by atoms with Crippen LogP contribution in [0.4, 0.5) is 26.3 Å². The Labute approximate surface area is 202 Å². The standard InChI is InChI=1S/C24H21F6N5O/c1-14(15-5-3-2-4-6-15)31-17(9-16-10-19(26)20(27)12-18(16)25)11-22(36)34-7-8-35-21(13-34)32-33-23(35)24(28,29)30/h2-6,10-12,14,31H,7-9,13H2,1H3. The molecule has 4 rings (SSSR count). The highest BCUT2D eigenvalue weighted by Crippen LogP contribution is 2.29. The Bertz CT molecular complexity index is 1290. The summed E-state index contributed by atoms with van der Waals surface area (Å²) in [6, 6.07) is 9.95. The Balaban J connectivity index is 1.59. The first kappa shape index (κ1) is 25.3. The van der Waals surface area contributed by atoms with Gasteiger partial charge >= 0.3 is 6.18 Å². The van der Waals surface area contributed by atoms with E-state index in [4.69, 9.17) is 0 Å². The number of hydrogen-bond donors (Lipinski definition) is 1. The van der Waals surface area contributed by atoms with E-state index in [0.717, 1.165) is 16.2 Å². The van der Waals surface area contributed by atoms with Crippen molar-refractivity contribution in [1.29, 1.82) is 0 Å². The minimum Gasteiger partial charge on any atom is -0.381 e. The molecule has 6 nitrogen and oxygen atoms in total. The smallest absolute Gasteiger partial charge is 0.381 e. The molecule has 12 heteroatoms. The van der Waals surface area contributed by atoms with Gasteiger partial charge in [0.1, 0.15) is 5.82 Å². The highest BCUT2D eigenvalue weighted by molar-refractivity contribution is 5.88. The quantitative estimate of drug-likeness (QED) is 0.301. The van der Waals surface area contributed by atoms with E-state index in [1.54, 1.807) is 6.92 Å². The lowest BCUT2D eigenvalue weighted by atomic mass is 10.0. The Morgan fingerprint density at radius 3 is 2.44 bits per heavy atom. The van der Waals surface area contributed by atoms with Gasteiger partial charge in [-0.1, -0.05) is 30.3 Å². The Morgan fingerprint density at radius 2 is 1.75 bits per heavy atom. The molecule has 3 aromatic rings. The average Bonchev–Trinajstić information content (AvgIpc) is 3.27. The topological polar surface area (TPSA) is 63.1 Å². The number of aromatic nitrogens is 3. The van der Waals surface area contributed by atoms with Gasteiger partial charge in [-0.15, -0.1) is 10.2 Å². The minimum atomic E-state index is -4.67. The summed E-state index contributed by atoms with van der Waals surface area (Å²) in [5.74, 6) is -5.26. The first-order valence-corrected chi connectivity index (χ1v) is 11.0. The van der Waals surface area contributed by atoms with E-state index in [1.807, 2.05) is 30.3 Å². The third-order valence-electron chi connectivity index (χ3n) is 5.79. The number of halogens is 6.